The van der Waals surface area contributed by atoms with Crippen LogP contribution in [-0.2, 0) is 0 Å². The number of nitrogens with two attached hydrogens (primary N) is 1. The zero-order valence-corrected chi connectivity index (χ0v) is 12.3. The Bertz CT molecular complexity index is 366. The van der Waals surface area contributed by atoms with Gasteiger partial charge in [0, 0.05) is 32.1 Å². The second-order valence-electron chi connectivity index (χ2n) is 5.98. The van der Waals surface area contributed by atoms with Gasteiger partial charge in [-0.25, -0.2) is 0 Å². The Morgan fingerprint density at radius 3 is 2.68 bits per heavy atom. The van der Waals surface area contributed by atoms with Crippen molar-refractivity contribution in [2.75, 3.05) is 46.8 Å². The molecule has 1 aromatic rings. The molecule has 2 unspecified atom stereocenters. The van der Waals surface area contributed by atoms with Gasteiger partial charge in [0.05, 0.1) is 0 Å². The van der Waals surface area contributed by atoms with Gasteiger partial charge in [-0.15, -0.1) is 0 Å². The average molecular weight is 261 g/mol. The smallest absolute Gasteiger partial charge is 0.00887 e. The molecule has 19 heavy (non-hydrogen) atoms. The first-order valence-corrected chi connectivity index (χ1v) is 7.31. The Morgan fingerprint density at radius 1 is 1.37 bits per heavy atom. The van der Waals surface area contributed by atoms with Crippen molar-refractivity contribution in [2.45, 2.75) is 12.3 Å². The maximum absolute atomic E-state index is 5.95. The molecule has 2 atom stereocenters. The monoisotopic (exact) mass is 261 g/mol. The third-order valence-electron chi connectivity index (χ3n) is 4.15. The van der Waals surface area contributed by atoms with Crippen molar-refractivity contribution < 1.29 is 0 Å². The minimum atomic E-state index is 0.449. The standard InChI is InChI=1S/C16H27N3/c1-18-9-8-14(11-18)12-19(2)13-16(10-17)15-6-4-3-5-7-15/h3-7,14,16H,8-13,17H2,1-2H3. The molecule has 1 aliphatic heterocycles. The fraction of sp³-hybridized carbons (Fsp3) is 0.625. The van der Waals surface area contributed by atoms with Crippen LogP contribution >= 0.6 is 0 Å². The van der Waals surface area contributed by atoms with Gasteiger partial charge in [-0.3, -0.25) is 0 Å². The molecule has 0 aromatic heterocycles. The average Bonchev–Trinajstić information content (AvgIpc) is 2.82. The number of hydrogen-bond acceptors (Lipinski definition) is 3. The molecule has 0 aliphatic carbocycles. The Balaban J connectivity index is 1.84. The zero-order valence-electron chi connectivity index (χ0n) is 12.3. The van der Waals surface area contributed by atoms with E-state index in [0.717, 1.165) is 19.0 Å². The summed E-state index contributed by atoms with van der Waals surface area (Å²) in [6.07, 6.45) is 1.33. The quantitative estimate of drug-likeness (QED) is 0.844. The minimum Gasteiger partial charge on any atom is -0.330 e. The summed E-state index contributed by atoms with van der Waals surface area (Å²) in [7, 11) is 4.44. The topological polar surface area (TPSA) is 32.5 Å². The zero-order chi connectivity index (χ0) is 13.7. The minimum absolute atomic E-state index is 0.449. The van der Waals surface area contributed by atoms with E-state index >= 15 is 0 Å². The lowest BCUT2D eigenvalue weighted by Gasteiger charge is -2.25. The van der Waals surface area contributed by atoms with E-state index in [4.69, 9.17) is 5.73 Å². The summed E-state index contributed by atoms with van der Waals surface area (Å²) < 4.78 is 0. The van der Waals surface area contributed by atoms with E-state index < -0.39 is 0 Å². The molecule has 1 saturated heterocycles. The predicted octanol–water partition coefficient (Wildman–Crippen LogP) is 1.61. The molecule has 0 spiro atoms. The summed E-state index contributed by atoms with van der Waals surface area (Å²) in [5.74, 6) is 1.27. The van der Waals surface area contributed by atoms with E-state index in [1.165, 1.54) is 31.6 Å². The van der Waals surface area contributed by atoms with Crippen molar-refractivity contribution in [1.82, 2.24) is 9.80 Å². The van der Waals surface area contributed by atoms with Crippen LogP contribution in [0.15, 0.2) is 30.3 Å². The molecule has 3 nitrogen and oxygen atoms in total. The molecule has 106 valence electrons. The van der Waals surface area contributed by atoms with Crippen LogP contribution in [0.3, 0.4) is 0 Å². The highest BCUT2D eigenvalue weighted by atomic mass is 15.1. The van der Waals surface area contributed by atoms with Crippen molar-refractivity contribution in [3.05, 3.63) is 35.9 Å². The lowest BCUT2D eigenvalue weighted by Crippen LogP contribution is -2.33. The molecule has 0 amide bonds. The van der Waals surface area contributed by atoms with Gasteiger partial charge in [0.15, 0.2) is 0 Å². The van der Waals surface area contributed by atoms with E-state index in [0.29, 0.717) is 5.92 Å². The summed E-state index contributed by atoms with van der Waals surface area (Å²) in [6, 6.07) is 10.6. The van der Waals surface area contributed by atoms with Crippen LogP contribution in [0.4, 0.5) is 0 Å². The van der Waals surface area contributed by atoms with Gasteiger partial charge in [-0.1, -0.05) is 30.3 Å². The fourth-order valence-electron chi connectivity index (χ4n) is 3.11. The van der Waals surface area contributed by atoms with Gasteiger partial charge in [0.2, 0.25) is 0 Å². The first-order valence-electron chi connectivity index (χ1n) is 7.31. The number of benzene rings is 1. The molecule has 2 N–H and O–H groups in total. The third kappa shape index (κ3) is 4.30. The van der Waals surface area contributed by atoms with Crippen molar-refractivity contribution in [2.24, 2.45) is 11.7 Å². The van der Waals surface area contributed by atoms with Crippen molar-refractivity contribution in [3.8, 4) is 0 Å². The number of likely N-dealkylation sites (tertiary alicyclic amines) is 1. The van der Waals surface area contributed by atoms with Gasteiger partial charge in [0.1, 0.15) is 0 Å². The first-order chi connectivity index (χ1) is 9.19. The highest BCUT2D eigenvalue weighted by Crippen LogP contribution is 2.18. The molecule has 0 radical (unpaired) electrons. The molecule has 2 rings (SSSR count). The Labute approximate surface area is 117 Å². The molecule has 1 fully saturated rings. The predicted molar refractivity (Wildman–Crippen MR) is 81.3 cm³/mol. The SMILES string of the molecule is CN1CCC(CN(C)CC(CN)c2ccccc2)C1. The van der Waals surface area contributed by atoms with Crippen LogP contribution in [-0.4, -0.2) is 56.6 Å². The number of nitrogens with zero attached hydrogens (tertiary/aromatic N) is 2. The lowest BCUT2D eigenvalue weighted by molar-refractivity contribution is 0.260. The normalized spacial score (nSPS) is 22.0. The Morgan fingerprint density at radius 2 is 2.11 bits per heavy atom. The number of hydrogen-bond donors (Lipinski definition) is 1. The van der Waals surface area contributed by atoms with Crippen LogP contribution in [0.1, 0.15) is 17.9 Å². The summed E-state index contributed by atoms with van der Waals surface area (Å²) in [5.41, 5.74) is 7.31. The summed E-state index contributed by atoms with van der Waals surface area (Å²) >= 11 is 0. The summed E-state index contributed by atoms with van der Waals surface area (Å²) in [4.78, 5) is 4.88. The van der Waals surface area contributed by atoms with E-state index in [1.54, 1.807) is 0 Å². The van der Waals surface area contributed by atoms with Crippen LogP contribution in [0, 0.1) is 5.92 Å². The van der Waals surface area contributed by atoms with E-state index in [-0.39, 0.29) is 0 Å². The van der Waals surface area contributed by atoms with E-state index in [1.807, 2.05) is 0 Å². The van der Waals surface area contributed by atoms with Crippen molar-refractivity contribution in [3.63, 3.8) is 0 Å². The van der Waals surface area contributed by atoms with Gasteiger partial charge in [-0.05, 0) is 38.5 Å². The van der Waals surface area contributed by atoms with Crippen LogP contribution in [0.2, 0.25) is 0 Å². The highest BCUT2D eigenvalue weighted by molar-refractivity contribution is 5.20. The van der Waals surface area contributed by atoms with Gasteiger partial charge >= 0.3 is 0 Å². The molecular formula is C16H27N3. The molecule has 3 heteroatoms. The van der Waals surface area contributed by atoms with Gasteiger partial charge in [0.25, 0.3) is 0 Å². The summed E-state index contributed by atoms with van der Waals surface area (Å²) in [5, 5.41) is 0. The number of likely N-dealkylation sites (N-methyl/N-ethyl adjacent to an activating group) is 1. The van der Waals surface area contributed by atoms with Crippen molar-refractivity contribution >= 4 is 0 Å². The Kier molecular flexibility index (Phi) is 5.37. The maximum atomic E-state index is 5.95. The second kappa shape index (κ2) is 7.04. The fourth-order valence-corrected chi connectivity index (χ4v) is 3.11. The van der Waals surface area contributed by atoms with Crippen LogP contribution < -0.4 is 5.73 Å². The third-order valence-corrected chi connectivity index (χ3v) is 4.15. The molecule has 1 aliphatic rings. The molecule has 0 bridgehead atoms. The van der Waals surface area contributed by atoms with E-state index in [2.05, 4.69) is 54.2 Å². The van der Waals surface area contributed by atoms with Gasteiger partial charge in [-0.2, -0.15) is 0 Å². The molecular weight excluding hydrogens is 234 g/mol. The van der Waals surface area contributed by atoms with Gasteiger partial charge < -0.3 is 15.5 Å². The second-order valence-corrected chi connectivity index (χ2v) is 5.98. The maximum Gasteiger partial charge on any atom is 0.00887 e. The Hall–Kier alpha value is -0.900. The first kappa shape index (κ1) is 14.5. The molecule has 1 heterocycles. The van der Waals surface area contributed by atoms with Crippen molar-refractivity contribution in [1.29, 1.82) is 0 Å². The lowest BCUT2D eigenvalue weighted by atomic mass is 9.98. The number of rotatable bonds is 6. The summed E-state index contributed by atoms with van der Waals surface area (Å²) in [6.45, 7) is 5.45. The molecule has 0 saturated carbocycles. The molecule has 1 aromatic carbocycles. The van der Waals surface area contributed by atoms with Crippen LogP contribution in [0.25, 0.3) is 0 Å². The largest absolute Gasteiger partial charge is 0.330 e. The highest BCUT2D eigenvalue weighted by Gasteiger charge is 2.21. The van der Waals surface area contributed by atoms with E-state index in [9.17, 15) is 0 Å². The van der Waals surface area contributed by atoms with Crippen LogP contribution in [0.5, 0.6) is 0 Å².